The van der Waals surface area contributed by atoms with Crippen LogP contribution in [0.15, 0.2) is 51.1 Å². The maximum atomic E-state index is 13.5. The van der Waals surface area contributed by atoms with E-state index < -0.39 is 5.92 Å². The standard InChI is InChI=1S/C21H20BrN3O3/c1-12-8-17-19(21(26)25(12)11-15-6-3-7-27-15)18(16(10-23)20(24)28-17)13-4-2-5-14(22)9-13/h2,4-5,8-9,15,18H,3,6-7,11,24H2,1H3/t15-,18+/m0/s1. The van der Waals surface area contributed by atoms with Gasteiger partial charge in [-0.05, 0) is 37.5 Å². The number of pyridine rings is 1. The van der Waals surface area contributed by atoms with Crippen molar-refractivity contribution in [3.8, 4) is 11.8 Å². The summed E-state index contributed by atoms with van der Waals surface area (Å²) >= 11 is 3.47. The molecule has 1 fully saturated rings. The maximum absolute atomic E-state index is 13.5. The van der Waals surface area contributed by atoms with Crippen molar-refractivity contribution < 1.29 is 9.47 Å². The minimum absolute atomic E-state index is 0.0272. The Morgan fingerprint density at radius 3 is 2.89 bits per heavy atom. The predicted octanol–water partition coefficient (Wildman–Crippen LogP) is 3.32. The van der Waals surface area contributed by atoms with Crippen molar-refractivity contribution in [1.29, 1.82) is 5.26 Å². The molecule has 0 amide bonds. The Hall–Kier alpha value is -2.56. The minimum atomic E-state index is -0.574. The van der Waals surface area contributed by atoms with Gasteiger partial charge in [0.25, 0.3) is 5.56 Å². The fourth-order valence-electron chi connectivity index (χ4n) is 3.92. The highest BCUT2D eigenvalue weighted by atomic mass is 79.9. The fourth-order valence-corrected chi connectivity index (χ4v) is 4.34. The molecule has 1 aromatic heterocycles. The van der Waals surface area contributed by atoms with Crippen LogP contribution in [0, 0.1) is 18.3 Å². The Bertz CT molecular complexity index is 1060. The molecule has 6 nitrogen and oxygen atoms in total. The van der Waals surface area contributed by atoms with E-state index in [1.165, 1.54) is 0 Å². The largest absolute Gasteiger partial charge is 0.440 e. The summed E-state index contributed by atoms with van der Waals surface area (Å²) in [5.74, 6) is -0.127. The summed E-state index contributed by atoms with van der Waals surface area (Å²) in [7, 11) is 0. The van der Waals surface area contributed by atoms with E-state index >= 15 is 0 Å². The highest BCUT2D eigenvalue weighted by Crippen LogP contribution is 2.41. The summed E-state index contributed by atoms with van der Waals surface area (Å²) in [6, 6.07) is 11.5. The second-order valence-electron chi connectivity index (χ2n) is 7.09. The molecule has 0 aliphatic carbocycles. The lowest BCUT2D eigenvalue weighted by Crippen LogP contribution is -2.35. The first-order valence-electron chi connectivity index (χ1n) is 9.18. The van der Waals surface area contributed by atoms with E-state index in [1.54, 1.807) is 4.57 Å². The zero-order valence-electron chi connectivity index (χ0n) is 15.4. The normalized spacial score (nSPS) is 21.2. The Morgan fingerprint density at radius 2 is 2.21 bits per heavy atom. The lowest BCUT2D eigenvalue weighted by Gasteiger charge is -2.28. The summed E-state index contributed by atoms with van der Waals surface area (Å²) in [6.45, 7) is 3.09. The van der Waals surface area contributed by atoms with Crippen LogP contribution >= 0.6 is 15.9 Å². The van der Waals surface area contributed by atoms with Crippen molar-refractivity contribution >= 4 is 15.9 Å². The van der Waals surface area contributed by atoms with Crippen molar-refractivity contribution in [1.82, 2.24) is 4.57 Å². The third kappa shape index (κ3) is 3.23. The summed E-state index contributed by atoms with van der Waals surface area (Å²) < 4.78 is 14.0. The van der Waals surface area contributed by atoms with E-state index in [9.17, 15) is 10.1 Å². The molecule has 0 spiro atoms. The second-order valence-corrected chi connectivity index (χ2v) is 8.01. The van der Waals surface area contributed by atoms with Gasteiger partial charge in [-0.25, -0.2) is 0 Å². The number of fused-ring (bicyclic) bond motifs is 1. The van der Waals surface area contributed by atoms with Gasteiger partial charge in [0, 0.05) is 22.8 Å². The highest BCUT2D eigenvalue weighted by Gasteiger charge is 2.34. The molecule has 2 N–H and O–H groups in total. The third-order valence-electron chi connectivity index (χ3n) is 5.28. The summed E-state index contributed by atoms with van der Waals surface area (Å²) in [5, 5.41) is 9.72. The number of benzene rings is 1. The number of aromatic nitrogens is 1. The molecule has 2 aromatic rings. The molecule has 1 aromatic carbocycles. The molecule has 144 valence electrons. The lowest BCUT2D eigenvalue weighted by atomic mass is 9.84. The SMILES string of the molecule is Cc1cc2c(c(=O)n1C[C@@H]1CCCO1)[C@H](c1cccc(Br)c1)C(C#N)=C(N)O2. The zero-order valence-corrected chi connectivity index (χ0v) is 17.0. The van der Waals surface area contributed by atoms with E-state index in [0.717, 1.165) is 35.2 Å². The first-order chi connectivity index (χ1) is 13.5. The van der Waals surface area contributed by atoms with Gasteiger partial charge in [-0.2, -0.15) is 5.26 Å². The molecule has 1 saturated heterocycles. The smallest absolute Gasteiger partial charge is 0.258 e. The number of nitriles is 1. The molecule has 2 atom stereocenters. The Balaban J connectivity index is 1.90. The fraction of sp³-hybridized carbons (Fsp3) is 0.333. The van der Waals surface area contributed by atoms with E-state index in [4.69, 9.17) is 15.2 Å². The van der Waals surface area contributed by atoms with Gasteiger partial charge in [-0.1, -0.05) is 28.1 Å². The molecule has 0 saturated carbocycles. The average molecular weight is 442 g/mol. The average Bonchev–Trinajstić information content (AvgIpc) is 3.17. The van der Waals surface area contributed by atoms with Crippen LogP contribution in [0.2, 0.25) is 0 Å². The van der Waals surface area contributed by atoms with Gasteiger partial charge < -0.3 is 19.8 Å². The van der Waals surface area contributed by atoms with Crippen molar-refractivity contribution in [3.63, 3.8) is 0 Å². The van der Waals surface area contributed by atoms with Crippen LogP contribution in [0.25, 0.3) is 0 Å². The first-order valence-corrected chi connectivity index (χ1v) is 9.98. The topological polar surface area (TPSA) is 90.3 Å². The molecule has 0 bridgehead atoms. The number of hydrogen-bond donors (Lipinski definition) is 1. The van der Waals surface area contributed by atoms with Crippen LogP contribution in [0.5, 0.6) is 5.75 Å². The van der Waals surface area contributed by atoms with Crippen LogP contribution < -0.4 is 16.0 Å². The highest BCUT2D eigenvalue weighted by molar-refractivity contribution is 9.10. The number of ether oxygens (including phenoxy) is 2. The Kier molecular flexibility index (Phi) is 5.00. The van der Waals surface area contributed by atoms with Gasteiger partial charge in [-0.3, -0.25) is 4.79 Å². The molecule has 0 unspecified atom stereocenters. The Morgan fingerprint density at radius 1 is 1.39 bits per heavy atom. The van der Waals surface area contributed by atoms with Gasteiger partial charge in [0.1, 0.15) is 17.4 Å². The maximum Gasteiger partial charge on any atom is 0.258 e. The van der Waals surface area contributed by atoms with Gasteiger partial charge in [0.15, 0.2) is 0 Å². The summed E-state index contributed by atoms with van der Waals surface area (Å²) in [5.41, 5.74) is 8.13. The minimum Gasteiger partial charge on any atom is -0.440 e. The van der Waals surface area contributed by atoms with Crippen LogP contribution in [-0.2, 0) is 11.3 Å². The molecule has 7 heteroatoms. The predicted molar refractivity (Wildman–Crippen MR) is 108 cm³/mol. The molecular weight excluding hydrogens is 422 g/mol. The zero-order chi connectivity index (χ0) is 19.8. The number of aryl methyl sites for hydroxylation is 1. The van der Waals surface area contributed by atoms with E-state index in [2.05, 4.69) is 22.0 Å². The van der Waals surface area contributed by atoms with E-state index in [0.29, 0.717) is 17.9 Å². The number of nitrogens with two attached hydrogens (primary N) is 1. The van der Waals surface area contributed by atoms with Crippen LogP contribution in [-0.4, -0.2) is 17.3 Å². The van der Waals surface area contributed by atoms with Crippen LogP contribution in [0.3, 0.4) is 0 Å². The molecule has 2 aliphatic heterocycles. The number of rotatable bonds is 3. The summed E-state index contributed by atoms with van der Waals surface area (Å²) in [6.07, 6.45) is 1.97. The number of allylic oxidation sites excluding steroid dienone is 1. The van der Waals surface area contributed by atoms with E-state index in [-0.39, 0.29) is 23.1 Å². The quantitative estimate of drug-likeness (QED) is 0.788. The molecular formula is C21H20BrN3O3. The van der Waals surface area contributed by atoms with Crippen molar-refractivity contribution in [2.45, 2.75) is 38.3 Å². The van der Waals surface area contributed by atoms with Crippen molar-refractivity contribution in [2.24, 2.45) is 5.73 Å². The lowest BCUT2D eigenvalue weighted by molar-refractivity contribution is 0.0955. The summed E-state index contributed by atoms with van der Waals surface area (Å²) in [4.78, 5) is 13.5. The molecule has 28 heavy (non-hydrogen) atoms. The number of nitrogens with zero attached hydrogens (tertiary/aromatic N) is 2. The number of halogens is 1. The monoisotopic (exact) mass is 441 g/mol. The number of hydrogen-bond acceptors (Lipinski definition) is 5. The Labute approximate surface area is 171 Å². The van der Waals surface area contributed by atoms with E-state index in [1.807, 2.05) is 37.3 Å². The molecule has 3 heterocycles. The van der Waals surface area contributed by atoms with Gasteiger partial charge in [0.05, 0.1) is 24.1 Å². The van der Waals surface area contributed by atoms with Gasteiger partial charge in [-0.15, -0.1) is 0 Å². The molecule has 2 aliphatic rings. The van der Waals surface area contributed by atoms with Crippen molar-refractivity contribution in [2.75, 3.05) is 6.61 Å². The first kappa shape index (κ1) is 18.8. The second kappa shape index (κ2) is 7.46. The van der Waals surface area contributed by atoms with Crippen LogP contribution in [0.4, 0.5) is 0 Å². The van der Waals surface area contributed by atoms with Crippen LogP contribution in [0.1, 0.15) is 35.6 Å². The third-order valence-corrected chi connectivity index (χ3v) is 5.78. The van der Waals surface area contributed by atoms with Gasteiger partial charge >= 0.3 is 0 Å². The molecule has 0 radical (unpaired) electrons. The van der Waals surface area contributed by atoms with Crippen molar-refractivity contribution in [3.05, 3.63) is 73.4 Å². The van der Waals surface area contributed by atoms with Gasteiger partial charge in [0.2, 0.25) is 5.88 Å². The molecule has 4 rings (SSSR count).